The molecule has 18 heavy (non-hydrogen) atoms. The average Bonchev–Trinajstić information content (AvgIpc) is 2.43. The summed E-state index contributed by atoms with van der Waals surface area (Å²) in [6.45, 7) is 6.34. The zero-order chi connectivity index (χ0) is 13.4. The van der Waals surface area contributed by atoms with Crippen molar-refractivity contribution in [1.29, 1.82) is 0 Å². The Bertz CT molecular complexity index is 317. The maximum absolute atomic E-state index is 5.87. The molecule has 0 aromatic heterocycles. The Morgan fingerprint density at radius 3 is 2.39 bits per heavy atom. The summed E-state index contributed by atoms with van der Waals surface area (Å²) in [5.41, 5.74) is 7.47. The lowest BCUT2D eigenvalue weighted by molar-refractivity contribution is 0.137. The van der Waals surface area contributed by atoms with Gasteiger partial charge in [0, 0.05) is 12.1 Å². The SMILES string of the molecule is CCC(C)(CN)N(C)CCCCc1ccccc1. The molecular formula is C16H28N2. The Balaban J connectivity index is 2.26. The standard InChI is InChI=1S/C16H28N2/c1-4-16(2,14-17)18(3)13-9-8-12-15-10-6-5-7-11-15/h5-7,10-11H,4,8-9,12-14,17H2,1-3H3. The molecule has 1 unspecified atom stereocenters. The maximum Gasteiger partial charge on any atom is 0.0297 e. The molecule has 0 aliphatic rings. The maximum atomic E-state index is 5.87. The van der Waals surface area contributed by atoms with Crippen LogP contribution < -0.4 is 5.73 Å². The predicted octanol–water partition coefficient (Wildman–Crippen LogP) is 3.07. The van der Waals surface area contributed by atoms with Crippen LogP contribution in [0.4, 0.5) is 0 Å². The van der Waals surface area contributed by atoms with Crippen molar-refractivity contribution in [1.82, 2.24) is 4.90 Å². The summed E-state index contributed by atoms with van der Waals surface area (Å²) in [4.78, 5) is 2.41. The van der Waals surface area contributed by atoms with Crippen LogP contribution in [0.5, 0.6) is 0 Å². The number of benzene rings is 1. The third-order valence-corrected chi connectivity index (χ3v) is 4.17. The minimum absolute atomic E-state index is 0.159. The van der Waals surface area contributed by atoms with Crippen molar-refractivity contribution in [2.24, 2.45) is 5.73 Å². The van der Waals surface area contributed by atoms with Crippen LogP contribution in [0.15, 0.2) is 30.3 Å². The average molecular weight is 248 g/mol. The topological polar surface area (TPSA) is 29.3 Å². The van der Waals surface area contributed by atoms with E-state index in [2.05, 4.69) is 56.1 Å². The molecule has 2 N–H and O–H groups in total. The van der Waals surface area contributed by atoms with Crippen molar-refractivity contribution >= 4 is 0 Å². The first-order valence-corrected chi connectivity index (χ1v) is 7.07. The van der Waals surface area contributed by atoms with Gasteiger partial charge >= 0.3 is 0 Å². The summed E-state index contributed by atoms with van der Waals surface area (Å²) in [6, 6.07) is 10.7. The fourth-order valence-corrected chi connectivity index (χ4v) is 2.16. The molecule has 0 amide bonds. The van der Waals surface area contributed by atoms with E-state index in [-0.39, 0.29) is 5.54 Å². The summed E-state index contributed by atoms with van der Waals surface area (Å²) in [6.07, 6.45) is 4.78. The van der Waals surface area contributed by atoms with Crippen LogP contribution in [0.3, 0.4) is 0 Å². The molecule has 2 nitrogen and oxygen atoms in total. The molecule has 0 radical (unpaired) electrons. The van der Waals surface area contributed by atoms with E-state index in [1.807, 2.05) is 0 Å². The fourth-order valence-electron chi connectivity index (χ4n) is 2.16. The van der Waals surface area contributed by atoms with Crippen LogP contribution in [0.1, 0.15) is 38.7 Å². The Labute approximate surface area is 112 Å². The molecule has 1 aromatic carbocycles. The van der Waals surface area contributed by atoms with Crippen LogP contribution in [-0.4, -0.2) is 30.6 Å². The molecule has 0 aliphatic carbocycles. The van der Waals surface area contributed by atoms with Crippen molar-refractivity contribution in [3.05, 3.63) is 35.9 Å². The van der Waals surface area contributed by atoms with E-state index in [4.69, 9.17) is 5.73 Å². The van der Waals surface area contributed by atoms with Gasteiger partial charge in [-0.2, -0.15) is 0 Å². The van der Waals surface area contributed by atoms with E-state index in [0.717, 1.165) is 19.5 Å². The quantitative estimate of drug-likeness (QED) is 0.716. The van der Waals surface area contributed by atoms with Gasteiger partial charge in [0.25, 0.3) is 0 Å². The molecule has 2 heteroatoms. The molecule has 0 heterocycles. The van der Waals surface area contributed by atoms with Crippen molar-refractivity contribution in [2.45, 2.75) is 45.1 Å². The second-order valence-electron chi connectivity index (χ2n) is 5.42. The highest BCUT2D eigenvalue weighted by Crippen LogP contribution is 2.16. The summed E-state index contributed by atoms with van der Waals surface area (Å²) >= 11 is 0. The minimum atomic E-state index is 0.159. The van der Waals surface area contributed by atoms with Crippen LogP contribution >= 0.6 is 0 Å². The molecule has 0 saturated heterocycles. The molecular weight excluding hydrogens is 220 g/mol. The molecule has 102 valence electrons. The molecule has 1 aromatic rings. The van der Waals surface area contributed by atoms with Gasteiger partial charge in [-0.05, 0) is 51.8 Å². The molecule has 0 spiro atoms. The second-order valence-corrected chi connectivity index (χ2v) is 5.42. The highest BCUT2D eigenvalue weighted by atomic mass is 15.2. The highest BCUT2D eigenvalue weighted by molar-refractivity contribution is 5.14. The summed E-state index contributed by atoms with van der Waals surface area (Å²) < 4.78 is 0. The van der Waals surface area contributed by atoms with Gasteiger partial charge in [0.15, 0.2) is 0 Å². The Morgan fingerprint density at radius 1 is 1.17 bits per heavy atom. The van der Waals surface area contributed by atoms with Crippen molar-refractivity contribution in [2.75, 3.05) is 20.1 Å². The molecule has 1 atom stereocenters. The molecule has 0 fully saturated rings. The zero-order valence-electron chi connectivity index (χ0n) is 12.2. The van der Waals surface area contributed by atoms with Crippen molar-refractivity contribution in [3.8, 4) is 0 Å². The van der Waals surface area contributed by atoms with Crippen LogP contribution in [0.2, 0.25) is 0 Å². The van der Waals surface area contributed by atoms with Gasteiger partial charge in [0.1, 0.15) is 0 Å². The Kier molecular flexibility index (Phi) is 6.37. The number of rotatable bonds is 8. The van der Waals surface area contributed by atoms with Gasteiger partial charge in [-0.1, -0.05) is 37.3 Å². The summed E-state index contributed by atoms with van der Waals surface area (Å²) in [5, 5.41) is 0. The number of aryl methyl sites for hydroxylation is 1. The zero-order valence-corrected chi connectivity index (χ0v) is 12.2. The van der Waals surface area contributed by atoms with Crippen LogP contribution in [0.25, 0.3) is 0 Å². The van der Waals surface area contributed by atoms with E-state index >= 15 is 0 Å². The number of nitrogens with two attached hydrogens (primary N) is 1. The second kappa shape index (κ2) is 7.55. The Morgan fingerprint density at radius 2 is 1.83 bits per heavy atom. The van der Waals surface area contributed by atoms with E-state index in [1.54, 1.807) is 0 Å². The lowest BCUT2D eigenvalue weighted by atomic mass is 9.96. The monoisotopic (exact) mass is 248 g/mol. The van der Waals surface area contributed by atoms with Gasteiger partial charge in [-0.25, -0.2) is 0 Å². The first-order chi connectivity index (χ1) is 8.62. The number of hydrogen-bond donors (Lipinski definition) is 1. The van der Waals surface area contributed by atoms with E-state index in [9.17, 15) is 0 Å². The normalized spacial score (nSPS) is 14.7. The summed E-state index contributed by atoms with van der Waals surface area (Å²) in [7, 11) is 2.19. The van der Waals surface area contributed by atoms with E-state index < -0.39 is 0 Å². The lowest BCUT2D eigenvalue weighted by Crippen LogP contribution is -2.49. The minimum Gasteiger partial charge on any atom is -0.329 e. The first kappa shape index (κ1) is 15.2. The Hall–Kier alpha value is -0.860. The smallest absolute Gasteiger partial charge is 0.0297 e. The third-order valence-electron chi connectivity index (χ3n) is 4.17. The third kappa shape index (κ3) is 4.43. The number of hydrogen-bond acceptors (Lipinski definition) is 2. The molecule has 0 bridgehead atoms. The fraction of sp³-hybridized carbons (Fsp3) is 0.625. The van der Waals surface area contributed by atoms with Gasteiger partial charge < -0.3 is 5.73 Å². The van der Waals surface area contributed by atoms with Gasteiger partial charge in [0.2, 0.25) is 0 Å². The van der Waals surface area contributed by atoms with Crippen molar-refractivity contribution in [3.63, 3.8) is 0 Å². The number of unbranched alkanes of at least 4 members (excludes halogenated alkanes) is 1. The van der Waals surface area contributed by atoms with Crippen molar-refractivity contribution < 1.29 is 0 Å². The predicted molar refractivity (Wildman–Crippen MR) is 79.8 cm³/mol. The molecule has 1 rings (SSSR count). The van der Waals surface area contributed by atoms with Gasteiger partial charge in [-0.15, -0.1) is 0 Å². The van der Waals surface area contributed by atoms with E-state index in [1.165, 1.54) is 24.8 Å². The largest absolute Gasteiger partial charge is 0.329 e. The molecule has 0 aliphatic heterocycles. The van der Waals surface area contributed by atoms with Gasteiger partial charge in [-0.3, -0.25) is 4.90 Å². The lowest BCUT2D eigenvalue weighted by Gasteiger charge is -2.37. The summed E-state index contributed by atoms with van der Waals surface area (Å²) in [5.74, 6) is 0. The number of nitrogens with zero attached hydrogens (tertiary/aromatic N) is 1. The van der Waals surface area contributed by atoms with Crippen LogP contribution in [0, 0.1) is 0 Å². The van der Waals surface area contributed by atoms with E-state index in [0.29, 0.717) is 0 Å². The molecule has 0 saturated carbocycles. The first-order valence-electron chi connectivity index (χ1n) is 7.07. The van der Waals surface area contributed by atoms with Crippen LogP contribution in [-0.2, 0) is 6.42 Å². The highest BCUT2D eigenvalue weighted by Gasteiger charge is 2.24. The van der Waals surface area contributed by atoms with Gasteiger partial charge in [0.05, 0.1) is 0 Å². The number of likely N-dealkylation sites (N-methyl/N-ethyl adjacent to an activating group) is 1.